The molecule has 0 N–H and O–H groups in total. The van der Waals surface area contributed by atoms with Crippen LogP contribution in [-0.2, 0) is 19.4 Å². The first kappa shape index (κ1) is 30.7. The summed E-state index contributed by atoms with van der Waals surface area (Å²) in [7, 11) is 3.05. The molecule has 2 aliphatic carbocycles. The molecule has 0 spiro atoms. The molecule has 0 amide bonds. The maximum absolute atomic E-state index is 6.18. The summed E-state index contributed by atoms with van der Waals surface area (Å²) in [5, 5.41) is 0. The molecular weight excluding hydrogens is 452 g/mol. The van der Waals surface area contributed by atoms with E-state index in [1.807, 2.05) is 5.92 Å². The van der Waals surface area contributed by atoms with Gasteiger partial charge in [-0.3, -0.25) is 16.7 Å². The van der Waals surface area contributed by atoms with Crippen LogP contribution in [0.1, 0.15) is 53.9 Å². The van der Waals surface area contributed by atoms with Crippen molar-refractivity contribution in [2.45, 2.75) is 84.1 Å². The van der Waals surface area contributed by atoms with Crippen LogP contribution >= 0.6 is 9.30 Å². The number of fused-ring (bicyclic) bond motifs is 1. The fourth-order valence-electron chi connectivity index (χ4n) is 5.24. The van der Waals surface area contributed by atoms with E-state index in [2.05, 4.69) is 91.1 Å². The number of hydrogen-bond donors (Lipinski definition) is 0. The van der Waals surface area contributed by atoms with Gasteiger partial charge in [-0.25, -0.2) is 5.92 Å². The zero-order valence-electron chi connectivity index (χ0n) is 20.6. The molecular formula is C26H41ClN2SiTi. The monoisotopic (exact) mass is 492 g/mol. The average molecular weight is 493 g/mol. The van der Waals surface area contributed by atoms with Crippen LogP contribution in [-0.4, -0.2) is 37.8 Å². The molecule has 0 aromatic rings. The molecule has 5 heteroatoms. The van der Waals surface area contributed by atoms with Gasteiger partial charge in [0.25, 0.3) is 0 Å². The summed E-state index contributed by atoms with van der Waals surface area (Å²) in [6.45, 7) is 21.1. The molecule has 4 atom stereocenters. The molecule has 1 saturated heterocycles. The van der Waals surface area contributed by atoms with Crippen LogP contribution < -0.4 is 0 Å². The topological polar surface area (TPSA) is 17.3 Å². The second-order valence-corrected chi connectivity index (χ2v) is 13.8. The molecule has 0 aromatic carbocycles. The Bertz CT molecular complexity index is 658. The van der Waals surface area contributed by atoms with E-state index >= 15 is 0 Å². The van der Waals surface area contributed by atoms with Crippen molar-refractivity contribution in [2.24, 2.45) is 11.8 Å². The summed E-state index contributed by atoms with van der Waals surface area (Å²) in [6.07, 6.45) is 19.9. The molecule has 0 bridgehead atoms. The zero-order valence-corrected chi connectivity index (χ0v) is 24.0. The third-order valence-electron chi connectivity index (χ3n) is 5.95. The van der Waals surface area contributed by atoms with Crippen molar-refractivity contribution in [2.75, 3.05) is 13.1 Å². The Balaban J connectivity index is 0.000000867. The average Bonchev–Trinajstić information content (AvgIpc) is 3.38. The molecule has 3 aliphatic rings. The minimum absolute atomic E-state index is 0.102. The van der Waals surface area contributed by atoms with Crippen LogP contribution in [0.5, 0.6) is 0 Å². The number of hydrogen-bond acceptors (Lipinski definition) is 1. The number of nitrogens with zero attached hydrogens (tertiary/aromatic N) is 2. The predicted molar refractivity (Wildman–Crippen MR) is 136 cm³/mol. The Kier molecular flexibility index (Phi) is 15.4. The van der Waals surface area contributed by atoms with Gasteiger partial charge in [-0.15, -0.1) is 5.54 Å². The molecule has 1 aliphatic heterocycles. The molecule has 0 radical (unpaired) electrons. The summed E-state index contributed by atoms with van der Waals surface area (Å²) in [4.78, 5) is 8.12. The van der Waals surface area contributed by atoms with Gasteiger partial charge in [0.2, 0.25) is 0 Å². The molecule has 31 heavy (non-hydrogen) atoms. The van der Waals surface area contributed by atoms with E-state index in [1.165, 1.54) is 51.7 Å². The summed E-state index contributed by atoms with van der Waals surface area (Å²) in [5.41, 5.74) is 0.897. The summed E-state index contributed by atoms with van der Waals surface area (Å²) in [5.74, 6) is 8.11. The Morgan fingerprint density at radius 3 is 2.03 bits per heavy atom. The first-order chi connectivity index (χ1) is 14.7. The van der Waals surface area contributed by atoms with Crippen molar-refractivity contribution >= 4 is 17.5 Å². The van der Waals surface area contributed by atoms with Crippen molar-refractivity contribution < 1.29 is 19.4 Å². The van der Waals surface area contributed by atoms with E-state index in [1.54, 1.807) is 13.8 Å². The molecule has 3 rings (SSSR count). The number of halogens is 1. The molecule has 1 saturated carbocycles. The van der Waals surface area contributed by atoms with Crippen molar-refractivity contribution in [3.05, 3.63) is 42.6 Å². The zero-order chi connectivity index (χ0) is 24.1. The van der Waals surface area contributed by atoms with Crippen molar-refractivity contribution in [1.82, 2.24) is 4.90 Å². The van der Waals surface area contributed by atoms with E-state index in [0.717, 1.165) is 23.4 Å². The van der Waals surface area contributed by atoms with Gasteiger partial charge in [-0.05, 0) is 51.1 Å². The van der Waals surface area contributed by atoms with Crippen LogP contribution in [0.25, 0.3) is 4.98 Å². The predicted octanol–water partition coefficient (Wildman–Crippen LogP) is 7.09. The van der Waals surface area contributed by atoms with Gasteiger partial charge in [0.05, 0.1) is 0 Å². The Hall–Kier alpha value is -0.259. The third-order valence-corrected chi connectivity index (χ3v) is 9.64. The molecule has 170 valence electrons. The Morgan fingerprint density at radius 1 is 1.10 bits per heavy atom. The van der Waals surface area contributed by atoms with E-state index in [4.69, 9.17) is 11.4 Å². The maximum atomic E-state index is 6.18. The molecule has 2 fully saturated rings. The second-order valence-electron chi connectivity index (χ2n) is 9.51. The summed E-state index contributed by atoms with van der Waals surface area (Å²) >= 11 is 1.47. The van der Waals surface area contributed by atoms with Crippen LogP contribution in [0.3, 0.4) is 0 Å². The number of allylic oxidation sites excluding steroid dienone is 3. The number of rotatable bonds is 3. The van der Waals surface area contributed by atoms with E-state index in [9.17, 15) is 0 Å². The Labute approximate surface area is 210 Å². The van der Waals surface area contributed by atoms with Crippen molar-refractivity contribution in [1.29, 1.82) is 0 Å². The molecule has 1 heterocycles. The standard InChI is InChI=1S/C19H33N2Si.C5H3.C2H5.ClH.Ti/c1-19(2,3)20-22(4,5)18-14-17(21-12-8-9-13-21)15-10-6-7-11-16(15)18;1-3-5-4-2;1-2;;/h6-7,10-11,15-18H,8-9,12-14H2,1-5H3;1H3;1H2,2H3;1H;/q3*-1;;+4/p-1. The second kappa shape index (κ2) is 15.6. The summed E-state index contributed by atoms with van der Waals surface area (Å²) in [6, 6.07) is 0.764. The molecule has 4 unspecified atom stereocenters. The Morgan fingerprint density at radius 2 is 1.61 bits per heavy atom. The SMILES string of the molecule is CC(C)(C)[N-][Si](C)(C)C1CC(N2CCCC2)C2C=CC=CC21.[C-]#CC#CC.[CH2-]C.[Cl][Ti+3]. The van der Waals surface area contributed by atoms with Gasteiger partial charge in [-0.1, -0.05) is 71.9 Å². The first-order valence-electron chi connectivity index (χ1n) is 11.3. The van der Waals surface area contributed by atoms with Gasteiger partial charge in [0.1, 0.15) is 0 Å². The van der Waals surface area contributed by atoms with Gasteiger partial charge in [0, 0.05) is 6.04 Å². The third kappa shape index (κ3) is 10.0. The molecule has 0 aromatic heterocycles. The van der Waals surface area contributed by atoms with Gasteiger partial charge in [-0.2, -0.15) is 6.92 Å². The number of likely N-dealkylation sites (tertiary alicyclic amines) is 1. The van der Waals surface area contributed by atoms with Crippen LogP contribution in [0.4, 0.5) is 0 Å². The van der Waals surface area contributed by atoms with Crippen LogP contribution in [0.2, 0.25) is 18.6 Å². The summed E-state index contributed by atoms with van der Waals surface area (Å²) < 4.78 is 0. The normalized spacial score (nSPS) is 26.5. The van der Waals surface area contributed by atoms with Crippen LogP contribution in [0.15, 0.2) is 24.3 Å². The first-order valence-corrected chi connectivity index (χ1v) is 16.4. The fraction of sp³-hybridized carbons (Fsp3) is 0.654. The van der Waals surface area contributed by atoms with E-state index < -0.39 is 8.24 Å². The van der Waals surface area contributed by atoms with Crippen molar-refractivity contribution in [3.8, 4) is 17.8 Å². The molecule has 2 nitrogen and oxygen atoms in total. The van der Waals surface area contributed by atoms with Gasteiger partial charge >= 0.3 is 28.7 Å². The minimum atomic E-state index is -1.59. The van der Waals surface area contributed by atoms with Crippen LogP contribution in [0, 0.1) is 42.9 Å². The van der Waals surface area contributed by atoms with Gasteiger partial charge in [0.15, 0.2) is 0 Å². The quantitative estimate of drug-likeness (QED) is 0.233. The van der Waals surface area contributed by atoms with Gasteiger partial charge < -0.3 is 18.3 Å². The fourth-order valence-corrected chi connectivity index (χ4v) is 9.23. The van der Waals surface area contributed by atoms with Crippen molar-refractivity contribution in [3.63, 3.8) is 0 Å². The van der Waals surface area contributed by atoms with E-state index in [-0.39, 0.29) is 5.54 Å². The van der Waals surface area contributed by atoms with E-state index in [0.29, 0.717) is 0 Å².